The number of aliphatic hydroxyl groups is 1. The van der Waals surface area contributed by atoms with Gasteiger partial charge in [-0.2, -0.15) is 0 Å². The average molecular weight is 294 g/mol. The zero-order valence-electron chi connectivity index (χ0n) is 11.8. The lowest BCUT2D eigenvalue weighted by molar-refractivity contribution is -0.122. The van der Waals surface area contributed by atoms with Gasteiger partial charge in [-0.15, -0.1) is 11.3 Å². The molecule has 20 heavy (non-hydrogen) atoms. The maximum absolute atomic E-state index is 11.9. The van der Waals surface area contributed by atoms with Crippen molar-refractivity contribution >= 4 is 17.2 Å². The third-order valence-electron chi connectivity index (χ3n) is 2.72. The minimum absolute atomic E-state index is 0.104. The van der Waals surface area contributed by atoms with E-state index >= 15 is 0 Å². The van der Waals surface area contributed by atoms with E-state index in [2.05, 4.69) is 10.3 Å². The highest BCUT2D eigenvalue weighted by Gasteiger charge is 2.20. The van der Waals surface area contributed by atoms with Gasteiger partial charge in [0.25, 0.3) is 0 Å². The first-order valence-corrected chi connectivity index (χ1v) is 7.21. The Kier molecular flexibility index (Phi) is 4.25. The summed E-state index contributed by atoms with van der Waals surface area (Å²) in [6.07, 6.45) is 0.194. The minimum Gasteiger partial charge on any atom is -0.459 e. The highest BCUT2D eigenvalue weighted by atomic mass is 32.1. The summed E-state index contributed by atoms with van der Waals surface area (Å²) in [5.41, 5.74) is 0.0823. The minimum atomic E-state index is -0.617. The van der Waals surface area contributed by atoms with E-state index < -0.39 is 5.54 Å². The predicted molar refractivity (Wildman–Crippen MR) is 77.6 cm³/mol. The summed E-state index contributed by atoms with van der Waals surface area (Å²) < 4.78 is 5.50. The highest BCUT2D eigenvalue weighted by Crippen LogP contribution is 2.25. The van der Waals surface area contributed by atoms with Gasteiger partial charge in [0.1, 0.15) is 5.76 Å². The molecule has 0 bridgehead atoms. The summed E-state index contributed by atoms with van der Waals surface area (Å²) in [4.78, 5) is 16.2. The van der Waals surface area contributed by atoms with Crippen molar-refractivity contribution in [3.05, 3.63) is 29.0 Å². The van der Waals surface area contributed by atoms with E-state index in [9.17, 15) is 4.79 Å². The molecular weight excluding hydrogens is 276 g/mol. The van der Waals surface area contributed by atoms with Crippen LogP contribution in [-0.4, -0.2) is 28.1 Å². The van der Waals surface area contributed by atoms with E-state index in [-0.39, 0.29) is 18.9 Å². The molecule has 5 nitrogen and oxygen atoms in total. The van der Waals surface area contributed by atoms with Crippen LogP contribution < -0.4 is 5.32 Å². The molecule has 1 amide bonds. The molecule has 0 fully saturated rings. The van der Waals surface area contributed by atoms with E-state index in [0.717, 1.165) is 16.5 Å². The summed E-state index contributed by atoms with van der Waals surface area (Å²) >= 11 is 1.45. The maximum atomic E-state index is 11.9. The van der Waals surface area contributed by atoms with E-state index in [0.29, 0.717) is 5.69 Å². The Morgan fingerprint density at radius 3 is 2.85 bits per heavy atom. The van der Waals surface area contributed by atoms with Crippen LogP contribution in [0.4, 0.5) is 0 Å². The van der Waals surface area contributed by atoms with Crippen LogP contribution in [0.5, 0.6) is 0 Å². The van der Waals surface area contributed by atoms with E-state index in [1.807, 2.05) is 24.4 Å². The number of furan rings is 1. The van der Waals surface area contributed by atoms with E-state index in [1.165, 1.54) is 11.3 Å². The van der Waals surface area contributed by atoms with Gasteiger partial charge >= 0.3 is 0 Å². The lowest BCUT2D eigenvalue weighted by atomic mass is 10.1. The second-order valence-electron chi connectivity index (χ2n) is 5.32. The molecule has 0 saturated carbocycles. The van der Waals surface area contributed by atoms with Crippen LogP contribution in [0.25, 0.3) is 10.8 Å². The number of carbonyl (C=O) groups is 1. The molecule has 2 heterocycles. The molecule has 0 atom stereocenters. The number of aliphatic hydroxyl groups excluding tert-OH is 1. The molecule has 6 heteroatoms. The molecule has 2 aromatic rings. The molecule has 0 unspecified atom stereocenters. The van der Waals surface area contributed by atoms with Crippen molar-refractivity contribution in [2.75, 3.05) is 6.61 Å². The van der Waals surface area contributed by atoms with Gasteiger partial charge in [0.15, 0.2) is 10.8 Å². The SMILES string of the molecule is Cc1ccc(-c2nc(CC(=O)NC(C)(C)CO)cs2)o1. The second kappa shape index (κ2) is 5.76. The van der Waals surface area contributed by atoms with Crippen molar-refractivity contribution in [2.45, 2.75) is 32.7 Å². The summed E-state index contributed by atoms with van der Waals surface area (Å²) in [5, 5.41) is 14.5. The number of amides is 1. The van der Waals surface area contributed by atoms with Crippen LogP contribution in [0.2, 0.25) is 0 Å². The first kappa shape index (κ1) is 14.7. The van der Waals surface area contributed by atoms with E-state index in [4.69, 9.17) is 9.52 Å². The van der Waals surface area contributed by atoms with Gasteiger partial charge < -0.3 is 14.8 Å². The number of hydrogen-bond donors (Lipinski definition) is 2. The summed E-state index contributed by atoms with van der Waals surface area (Å²) in [7, 11) is 0. The largest absolute Gasteiger partial charge is 0.459 e. The summed E-state index contributed by atoms with van der Waals surface area (Å²) in [6.45, 7) is 5.31. The molecule has 0 aliphatic rings. The first-order chi connectivity index (χ1) is 9.39. The standard InChI is InChI=1S/C14H18N2O3S/c1-9-4-5-11(19-9)13-15-10(7-20-13)6-12(18)16-14(2,3)8-17/h4-5,7,17H,6,8H2,1-3H3,(H,16,18). The van der Waals surface area contributed by atoms with Crippen molar-refractivity contribution in [1.29, 1.82) is 0 Å². The molecule has 2 aromatic heterocycles. The van der Waals surface area contributed by atoms with Crippen molar-refractivity contribution in [2.24, 2.45) is 0 Å². The molecule has 0 aromatic carbocycles. The smallest absolute Gasteiger partial charge is 0.226 e. The topological polar surface area (TPSA) is 75.4 Å². The fourth-order valence-corrected chi connectivity index (χ4v) is 2.46. The van der Waals surface area contributed by atoms with Gasteiger partial charge in [-0.3, -0.25) is 4.79 Å². The Morgan fingerprint density at radius 2 is 2.25 bits per heavy atom. The van der Waals surface area contributed by atoms with Crippen LogP contribution >= 0.6 is 11.3 Å². The van der Waals surface area contributed by atoms with Gasteiger partial charge in [0.05, 0.1) is 24.3 Å². The number of thiazole rings is 1. The monoisotopic (exact) mass is 294 g/mol. The van der Waals surface area contributed by atoms with Gasteiger partial charge in [0.2, 0.25) is 5.91 Å². The molecule has 2 N–H and O–H groups in total. The van der Waals surface area contributed by atoms with Crippen LogP contribution in [0.15, 0.2) is 21.9 Å². The molecule has 2 rings (SSSR count). The van der Waals surface area contributed by atoms with Crippen molar-refractivity contribution in [1.82, 2.24) is 10.3 Å². The molecule has 0 radical (unpaired) electrons. The van der Waals surface area contributed by atoms with Gasteiger partial charge in [-0.25, -0.2) is 4.98 Å². The number of nitrogens with zero attached hydrogens (tertiary/aromatic N) is 1. The average Bonchev–Trinajstić information content (AvgIpc) is 2.97. The molecule has 0 aliphatic carbocycles. The van der Waals surface area contributed by atoms with Gasteiger partial charge in [0, 0.05) is 5.38 Å². The lowest BCUT2D eigenvalue weighted by Crippen LogP contribution is -2.46. The molecule has 0 aliphatic heterocycles. The first-order valence-electron chi connectivity index (χ1n) is 6.33. The van der Waals surface area contributed by atoms with Crippen LogP contribution in [0, 0.1) is 6.92 Å². The van der Waals surface area contributed by atoms with E-state index in [1.54, 1.807) is 13.8 Å². The number of nitrogens with one attached hydrogen (secondary N) is 1. The molecular formula is C14H18N2O3S. The third kappa shape index (κ3) is 3.68. The van der Waals surface area contributed by atoms with Crippen molar-refractivity contribution < 1.29 is 14.3 Å². The second-order valence-corrected chi connectivity index (χ2v) is 6.18. The Labute approximate surface area is 121 Å². The zero-order chi connectivity index (χ0) is 14.8. The number of aromatic nitrogens is 1. The quantitative estimate of drug-likeness (QED) is 0.886. The maximum Gasteiger partial charge on any atom is 0.226 e. The Bertz CT molecular complexity index is 601. The van der Waals surface area contributed by atoms with Crippen LogP contribution in [0.1, 0.15) is 25.3 Å². The van der Waals surface area contributed by atoms with Gasteiger partial charge in [-0.1, -0.05) is 0 Å². The number of aryl methyl sites for hydroxylation is 1. The lowest BCUT2D eigenvalue weighted by Gasteiger charge is -2.23. The number of hydrogen-bond acceptors (Lipinski definition) is 5. The molecule has 0 spiro atoms. The Morgan fingerprint density at radius 1 is 1.50 bits per heavy atom. The van der Waals surface area contributed by atoms with Crippen LogP contribution in [-0.2, 0) is 11.2 Å². The van der Waals surface area contributed by atoms with Gasteiger partial charge in [-0.05, 0) is 32.9 Å². The van der Waals surface area contributed by atoms with Crippen LogP contribution in [0.3, 0.4) is 0 Å². The number of rotatable bonds is 5. The number of carbonyl (C=O) groups excluding carboxylic acids is 1. The summed E-state index contributed by atoms with van der Waals surface area (Å²) in [5.74, 6) is 1.39. The molecule has 108 valence electrons. The summed E-state index contributed by atoms with van der Waals surface area (Å²) in [6, 6.07) is 3.75. The Hall–Kier alpha value is -1.66. The predicted octanol–water partition coefficient (Wildman–Crippen LogP) is 2.14. The zero-order valence-corrected chi connectivity index (χ0v) is 12.6. The fourth-order valence-electron chi connectivity index (χ4n) is 1.68. The highest BCUT2D eigenvalue weighted by molar-refractivity contribution is 7.13. The van der Waals surface area contributed by atoms with Crippen molar-refractivity contribution in [3.8, 4) is 10.8 Å². The molecule has 0 saturated heterocycles. The van der Waals surface area contributed by atoms with Crippen molar-refractivity contribution in [3.63, 3.8) is 0 Å². The Balaban J connectivity index is 2.01. The normalized spacial score (nSPS) is 11.6. The fraction of sp³-hybridized carbons (Fsp3) is 0.429. The third-order valence-corrected chi connectivity index (χ3v) is 3.62.